The Kier molecular flexibility index (Phi) is 4.73. The van der Waals surface area contributed by atoms with Crippen LogP contribution in [0.1, 0.15) is 61.3 Å². The van der Waals surface area contributed by atoms with E-state index in [1.165, 1.54) is 41.7 Å². The normalized spacial score (nSPS) is 29.0. The zero-order chi connectivity index (χ0) is 20.9. The summed E-state index contributed by atoms with van der Waals surface area (Å²) in [5.74, 6) is 1.07. The number of piperazine rings is 1. The first-order chi connectivity index (χ1) is 15.2. The van der Waals surface area contributed by atoms with Gasteiger partial charge in [0.05, 0.1) is 34.5 Å². The van der Waals surface area contributed by atoms with Crippen molar-refractivity contribution in [3.63, 3.8) is 0 Å². The van der Waals surface area contributed by atoms with E-state index in [0.717, 1.165) is 37.3 Å². The smallest absolute Gasteiger partial charge is 0.124 e. The minimum atomic E-state index is 0.240. The minimum absolute atomic E-state index is 0.240. The second-order valence-electron chi connectivity index (χ2n) is 9.66. The van der Waals surface area contributed by atoms with Crippen molar-refractivity contribution >= 4 is 16.7 Å². The van der Waals surface area contributed by atoms with Crippen LogP contribution in [0, 0.1) is 6.92 Å². The van der Waals surface area contributed by atoms with E-state index in [9.17, 15) is 0 Å². The van der Waals surface area contributed by atoms with Crippen LogP contribution in [-0.4, -0.2) is 52.1 Å². The molecule has 0 spiro atoms. The third-order valence-electron chi connectivity index (χ3n) is 7.80. The van der Waals surface area contributed by atoms with Crippen LogP contribution in [0.5, 0.6) is 0 Å². The minimum Gasteiger partial charge on any atom is -0.367 e. The summed E-state index contributed by atoms with van der Waals surface area (Å²) in [5, 5.41) is 3.84. The number of anilines is 1. The van der Waals surface area contributed by atoms with E-state index in [4.69, 9.17) is 4.98 Å². The molecule has 162 valence electrons. The Morgan fingerprint density at radius 2 is 1.77 bits per heavy atom. The molecule has 0 amide bonds. The highest BCUT2D eigenvalue weighted by Gasteiger charge is 2.38. The van der Waals surface area contributed by atoms with E-state index in [1.807, 2.05) is 12.3 Å². The largest absolute Gasteiger partial charge is 0.367 e. The number of para-hydroxylation sites is 1. The number of aromatic amines is 1. The number of aromatic nitrogens is 3. The molecule has 3 fully saturated rings. The van der Waals surface area contributed by atoms with Crippen LogP contribution in [0.2, 0.25) is 0 Å². The maximum Gasteiger partial charge on any atom is 0.124 e. The third kappa shape index (κ3) is 3.33. The fourth-order valence-electron chi connectivity index (χ4n) is 6.00. The molecule has 2 unspecified atom stereocenters. The molecule has 4 atom stereocenters. The number of rotatable bonds is 3. The van der Waals surface area contributed by atoms with Crippen LogP contribution < -0.4 is 10.2 Å². The van der Waals surface area contributed by atoms with Crippen molar-refractivity contribution in [3.05, 3.63) is 53.6 Å². The lowest BCUT2D eigenvalue weighted by molar-refractivity contribution is 0.212. The number of piperidine rings is 1. The van der Waals surface area contributed by atoms with E-state index in [-0.39, 0.29) is 6.04 Å². The first-order valence-electron chi connectivity index (χ1n) is 11.8. The molecule has 5 heterocycles. The van der Waals surface area contributed by atoms with Gasteiger partial charge in [0, 0.05) is 31.4 Å². The molecule has 3 aliphatic heterocycles. The number of hydrogen-bond acceptors (Lipinski definition) is 5. The molecule has 3 aliphatic rings. The van der Waals surface area contributed by atoms with Gasteiger partial charge in [0.2, 0.25) is 0 Å². The van der Waals surface area contributed by atoms with Gasteiger partial charge < -0.3 is 9.88 Å². The Hall–Kier alpha value is -2.44. The number of likely N-dealkylation sites (N-methyl/N-ethyl adjacent to an activating group) is 1. The molecule has 2 bridgehead atoms. The Labute approximate surface area is 184 Å². The number of nitrogens with zero attached hydrogens (tertiary/aromatic N) is 4. The van der Waals surface area contributed by atoms with Gasteiger partial charge in [-0.15, -0.1) is 0 Å². The first kappa shape index (κ1) is 19.3. The number of fused-ring (bicyclic) bond motifs is 3. The van der Waals surface area contributed by atoms with Gasteiger partial charge >= 0.3 is 0 Å². The predicted octanol–water partition coefficient (Wildman–Crippen LogP) is 4.11. The van der Waals surface area contributed by atoms with Gasteiger partial charge in [-0.1, -0.05) is 12.1 Å². The van der Waals surface area contributed by atoms with Crippen molar-refractivity contribution in [2.75, 3.05) is 25.0 Å². The molecular formula is C25H32N6. The first-order valence-corrected chi connectivity index (χ1v) is 11.8. The summed E-state index contributed by atoms with van der Waals surface area (Å²) in [4.78, 5) is 18.6. The highest BCUT2D eigenvalue weighted by molar-refractivity contribution is 5.89. The van der Waals surface area contributed by atoms with Crippen LogP contribution in [0.25, 0.3) is 11.0 Å². The summed E-state index contributed by atoms with van der Waals surface area (Å²) in [7, 11) is 2.29. The van der Waals surface area contributed by atoms with E-state index in [1.54, 1.807) is 0 Å². The molecule has 3 aromatic rings. The number of hydrogen-bond donors (Lipinski definition) is 2. The molecule has 6 nitrogen and oxygen atoms in total. The molecule has 1 aromatic carbocycles. The van der Waals surface area contributed by atoms with Crippen LogP contribution in [0.3, 0.4) is 0 Å². The van der Waals surface area contributed by atoms with E-state index in [2.05, 4.69) is 63.3 Å². The van der Waals surface area contributed by atoms with Gasteiger partial charge in [0.25, 0.3) is 0 Å². The number of pyridine rings is 1. The Morgan fingerprint density at radius 1 is 0.968 bits per heavy atom. The summed E-state index contributed by atoms with van der Waals surface area (Å²) in [6.45, 7) is 4.39. The zero-order valence-corrected chi connectivity index (χ0v) is 18.5. The Bertz CT molecular complexity index is 1080. The number of aryl methyl sites for hydroxylation is 1. The molecule has 0 saturated carbocycles. The molecule has 0 aliphatic carbocycles. The summed E-state index contributed by atoms with van der Waals surface area (Å²) >= 11 is 0. The molecule has 0 radical (unpaired) electrons. The number of benzene rings is 1. The van der Waals surface area contributed by atoms with Crippen LogP contribution in [0.4, 0.5) is 5.69 Å². The quantitative estimate of drug-likeness (QED) is 0.673. The average molecular weight is 417 g/mol. The fourth-order valence-corrected chi connectivity index (χ4v) is 6.00. The molecule has 2 aromatic heterocycles. The molecule has 2 N–H and O–H groups in total. The zero-order valence-electron chi connectivity index (χ0n) is 18.5. The average Bonchev–Trinajstić information content (AvgIpc) is 3.30. The van der Waals surface area contributed by atoms with Crippen molar-refractivity contribution in [2.24, 2.45) is 0 Å². The van der Waals surface area contributed by atoms with Gasteiger partial charge in [-0.3, -0.25) is 15.2 Å². The van der Waals surface area contributed by atoms with Gasteiger partial charge in [-0.25, -0.2) is 4.98 Å². The highest BCUT2D eigenvalue weighted by Crippen LogP contribution is 2.36. The molecule has 3 saturated heterocycles. The van der Waals surface area contributed by atoms with Gasteiger partial charge in [-0.05, 0) is 69.8 Å². The summed E-state index contributed by atoms with van der Waals surface area (Å²) in [6, 6.07) is 12.6. The van der Waals surface area contributed by atoms with Crippen LogP contribution in [-0.2, 0) is 0 Å². The monoisotopic (exact) mass is 416 g/mol. The van der Waals surface area contributed by atoms with Gasteiger partial charge in [0.1, 0.15) is 5.82 Å². The SMILES string of the molecule is Cc1cccnc1[C@@H]1CCC[C@H](c2nc3cccc(N4CC5CCC(C4)N5C)c3[nH]2)N1. The topological polar surface area (TPSA) is 60.1 Å². The lowest BCUT2D eigenvalue weighted by Gasteiger charge is -2.40. The fraction of sp³-hybridized carbons (Fsp3) is 0.520. The van der Waals surface area contributed by atoms with Crippen molar-refractivity contribution in [1.29, 1.82) is 0 Å². The summed E-state index contributed by atoms with van der Waals surface area (Å²) in [5.41, 5.74) is 6.03. The Balaban J connectivity index is 1.29. The second kappa shape index (κ2) is 7.61. The molecule has 6 rings (SSSR count). The highest BCUT2D eigenvalue weighted by atomic mass is 15.3. The number of imidazole rings is 1. The third-order valence-corrected chi connectivity index (χ3v) is 7.80. The van der Waals surface area contributed by atoms with Crippen molar-refractivity contribution in [2.45, 2.75) is 63.2 Å². The van der Waals surface area contributed by atoms with Gasteiger partial charge in [0.15, 0.2) is 0 Å². The Morgan fingerprint density at radius 3 is 2.58 bits per heavy atom. The summed E-state index contributed by atoms with van der Waals surface area (Å²) in [6.07, 6.45) is 7.97. The van der Waals surface area contributed by atoms with E-state index < -0.39 is 0 Å². The van der Waals surface area contributed by atoms with Crippen molar-refractivity contribution < 1.29 is 0 Å². The maximum absolute atomic E-state index is 5.04. The van der Waals surface area contributed by atoms with Gasteiger partial charge in [-0.2, -0.15) is 0 Å². The lowest BCUT2D eigenvalue weighted by Crippen LogP contribution is -2.52. The predicted molar refractivity (Wildman–Crippen MR) is 124 cm³/mol. The maximum atomic E-state index is 5.04. The number of nitrogens with one attached hydrogen (secondary N) is 2. The number of H-pyrrole nitrogens is 1. The summed E-state index contributed by atoms with van der Waals surface area (Å²) < 4.78 is 0. The van der Waals surface area contributed by atoms with E-state index >= 15 is 0 Å². The van der Waals surface area contributed by atoms with E-state index in [0.29, 0.717) is 18.1 Å². The second-order valence-corrected chi connectivity index (χ2v) is 9.66. The van der Waals surface area contributed by atoms with Crippen LogP contribution in [0.15, 0.2) is 36.5 Å². The standard InChI is InChI=1S/C25H32N6/c1-16-6-5-13-26-23(16)19-7-3-9-21(27-19)25-28-20-8-4-10-22(24(20)29-25)31-14-17-11-12-18(15-31)30(17)2/h4-6,8,10,13,17-19,21,27H,3,7,9,11-12,14-15H2,1-2H3,(H,28,29)/t17?,18?,19-,21+/m0/s1. The lowest BCUT2D eigenvalue weighted by atomic mass is 9.94. The van der Waals surface area contributed by atoms with Crippen molar-refractivity contribution in [3.8, 4) is 0 Å². The molecule has 6 heteroatoms. The van der Waals surface area contributed by atoms with Crippen LogP contribution >= 0.6 is 0 Å². The van der Waals surface area contributed by atoms with Crippen molar-refractivity contribution in [1.82, 2.24) is 25.2 Å². The molecular weight excluding hydrogens is 384 g/mol. The molecule has 31 heavy (non-hydrogen) atoms.